The Balaban J connectivity index is 1.39. The summed E-state index contributed by atoms with van der Waals surface area (Å²) in [6.45, 7) is 0.674. The summed E-state index contributed by atoms with van der Waals surface area (Å²) in [6, 6.07) is 22.9. The number of pyridine rings is 1. The minimum absolute atomic E-state index is 0.265. The highest BCUT2D eigenvalue weighted by atomic mass is 35.5. The van der Waals surface area contributed by atoms with E-state index < -0.39 is 36.1 Å². The number of benzene rings is 2. The summed E-state index contributed by atoms with van der Waals surface area (Å²) in [5.74, 6) is 0. The molecule has 2 aliphatic heterocycles. The van der Waals surface area contributed by atoms with Crippen molar-refractivity contribution >= 4 is 23.4 Å². The van der Waals surface area contributed by atoms with Gasteiger partial charge >= 0.3 is 0 Å². The number of thioether (sulfide) groups is 1. The second-order valence-electron chi connectivity index (χ2n) is 8.29. The molecule has 0 bridgehead atoms. The molecule has 2 aliphatic rings. The van der Waals surface area contributed by atoms with Gasteiger partial charge in [-0.1, -0.05) is 84.0 Å². The third-order valence-corrected chi connectivity index (χ3v) is 7.30. The Morgan fingerprint density at radius 2 is 1.86 bits per heavy atom. The first kappa shape index (κ1) is 24.2. The molecule has 7 nitrogen and oxygen atoms in total. The molecule has 2 saturated heterocycles. The van der Waals surface area contributed by atoms with E-state index in [2.05, 4.69) is 11.1 Å². The lowest BCUT2D eigenvalue weighted by molar-refractivity contribution is -0.301. The predicted octanol–water partition coefficient (Wildman–Crippen LogP) is 4.45. The van der Waals surface area contributed by atoms with E-state index in [9.17, 15) is 5.26 Å². The van der Waals surface area contributed by atoms with Gasteiger partial charge in [-0.2, -0.15) is 5.26 Å². The molecule has 0 spiro atoms. The van der Waals surface area contributed by atoms with Crippen LogP contribution in [0.3, 0.4) is 0 Å². The molecule has 3 aromatic rings. The van der Waals surface area contributed by atoms with Gasteiger partial charge in [0.1, 0.15) is 29.8 Å². The molecule has 2 aromatic carbocycles. The van der Waals surface area contributed by atoms with Gasteiger partial charge in [-0.15, -0.1) is 0 Å². The lowest BCUT2D eigenvalue weighted by Crippen LogP contribution is -2.64. The van der Waals surface area contributed by atoms with Gasteiger partial charge in [0.2, 0.25) is 0 Å². The van der Waals surface area contributed by atoms with Gasteiger partial charge in [0.15, 0.2) is 12.0 Å². The molecule has 2 N–H and O–H groups in total. The third-order valence-electron chi connectivity index (χ3n) is 5.92. The standard InChI is InChI=1S/C26H24ClN3O4S/c27-18-11-21(19(12-28)30-13-18)35-26-24(31-14-16-7-3-1-4-8-16)22(29)23-20(33-26)15-32-25(34-23)17-9-5-2-6-10-17/h1-11,13,20,22-26H,14-15,29H2. The number of nitrogens with two attached hydrogens (primary N) is 1. The van der Waals surface area contributed by atoms with E-state index in [1.165, 1.54) is 18.0 Å². The van der Waals surface area contributed by atoms with Crippen LogP contribution in [0.5, 0.6) is 0 Å². The third kappa shape index (κ3) is 5.52. The van der Waals surface area contributed by atoms with E-state index >= 15 is 0 Å². The molecular weight excluding hydrogens is 486 g/mol. The van der Waals surface area contributed by atoms with Crippen LogP contribution in [0.4, 0.5) is 0 Å². The first-order valence-corrected chi connectivity index (χ1v) is 12.5. The van der Waals surface area contributed by atoms with Crippen molar-refractivity contribution in [3.63, 3.8) is 0 Å². The molecule has 0 amide bonds. The van der Waals surface area contributed by atoms with Gasteiger partial charge in [-0.25, -0.2) is 4.98 Å². The summed E-state index contributed by atoms with van der Waals surface area (Å²) in [5, 5.41) is 9.96. The number of nitriles is 1. The summed E-state index contributed by atoms with van der Waals surface area (Å²) in [7, 11) is 0. The quantitative estimate of drug-likeness (QED) is 0.520. The second-order valence-corrected chi connectivity index (χ2v) is 9.86. The van der Waals surface area contributed by atoms with E-state index in [1.54, 1.807) is 6.07 Å². The smallest absolute Gasteiger partial charge is 0.184 e. The van der Waals surface area contributed by atoms with E-state index in [1.807, 2.05) is 60.7 Å². The Kier molecular flexibility index (Phi) is 7.66. The number of ether oxygens (including phenoxy) is 4. The van der Waals surface area contributed by atoms with Crippen molar-refractivity contribution < 1.29 is 18.9 Å². The largest absolute Gasteiger partial charge is 0.368 e. The topological polar surface area (TPSA) is 99.6 Å². The number of hydrogen-bond acceptors (Lipinski definition) is 8. The van der Waals surface area contributed by atoms with Crippen molar-refractivity contribution in [1.82, 2.24) is 4.98 Å². The Hall–Kier alpha value is -2.48. The lowest BCUT2D eigenvalue weighted by Gasteiger charge is -2.48. The van der Waals surface area contributed by atoms with Crippen molar-refractivity contribution in [3.8, 4) is 6.07 Å². The fourth-order valence-corrected chi connectivity index (χ4v) is 5.65. The average molecular weight is 510 g/mol. The first-order chi connectivity index (χ1) is 17.1. The molecule has 0 aliphatic carbocycles. The molecule has 35 heavy (non-hydrogen) atoms. The normalized spacial score (nSPS) is 28.1. The molecule has 6 unspecified atom stereocenters. The highest BCUT2D eigenvalue weighted by molar-refractivity contribution is 7.99. The highest BCUT2D eigenvalue weighted by Gasteiger charge is 2.49. The van der Waals surface area contributed by atoms with Crippen LogP contribution in [-0.2, 0) is 25.6 Å². The zero-order valence-corrected chi connectivity index (χ0v) is 20.3. The molecule has 6 atom stereocenters. The summed E-state index contributed by atoms with van der Waals surface area (Å²) in [5.41, 5.74) is 8.45. The molecule has 5 rings (SSSR count). The monoisotopic (exact) mass is 509 g/mol. The highest BCUT2D eigenvalue weighted by Crippen LogP contribution is 2.40. The Morgan fingerprint density at radius 3 is 2.60 bits per heavy atom. The van der Waals surface area contributed by atoms with E-state index in [-0.39, 0.29) is 5.69 Å². The molecule has 0 saturated carbocycles. The maximum absolute atomic E-state index is 9.53. The molecular formula is C26H24ClN3O4S. The van der Waals surface area contributed by atoms with Crippen LogP contribution in [-0.4, -0.2) is 41.4 Å². The van der Waals surface area contributed by atoms with Crippen LogP contribution in [0.15, 0.2) is 77.8 Å². The van der Waals surface area contributed by atoms with Gasteiger partial charge in [-0.3, -0.25) is 0 Å². The number of fused-ring (bicyclic) bond motifs is 1. The summed E-state index contributed by atoms with van der Waals surface area (Å²) < 4.78 is 25.0. The van der Waals surface area contributed by atoms with Crippen molar-refractivity contribution in [2.24, 2.45) is 5.73 Å². The predicted molar refractivity (Wildman–Crippen MR) is 131 cm³/mol. The van der Waals surface area contributed by atoms with Gasteiger partial charge in [-0.05, 0) is 11.6 Å². The minimum Gasteiger partial charge on any atom is -0.368 e. The average Bonchev–Trinajstić information content (AvgIpc) is 2.89. The number of aromatic nitrogens is 1. The second kappa shape index (κ2) is 11.1. The Bertz CT molecular complexity index is 1180. The SMILES string of the molecule is N#Cc1ncc(Cl)cc1SC1OC2COC(c3ccccc3)OC2C(N)C1OCc1ccccc1. The van der Waals surface area contributed by atoms with Crippen molar-refractivity contribution in [1.29, 1.82) is 5.26 Å². The fraction of sp³-hybridized carbons (Fsp3) is 0.308. The van der Waals surface area contributed by atoms with Gasteiger partial charge in [0, 0.05) is 16.7 Å². The van der Waals surface area contributed by atoms with Crippen molar-refractivity contribution in [2.75, 3.05) is 6.61 Å². The van der Waals surface area contributed by atoms with Crippen molar-refractivity contribution in [2.45, 2.75) is 47.6 Å². The molecule has 3 heterocycles. The van der Waals surface area contributed by atoms with E-state index in [0.717, 1.165) is 11.1 Å². The number of rotatable bonds is 6. The van der Waals surface area contributed by atoms with Crippen molar-refractivity contribution in [3.05, 3.63) is 94.8 Å². The van der Waals surface area contributed by atoms with Crippen LogP contribution in [0, 0.1) is 11.3 Å². The van der Waals surface area contributed by atoms with Gasteiger partial charge in [0.25, 0.3) is 0 Å². The molecule has 2 fully saturated rings. The first-order valence-electron chi connectivity index (χ1n) is 11.2. The van der Waals surface area contributed by atoms with Crippen LogP contribution in [0.25, 0.3) is 0 Å². The van der Waals surface area contributed by atoms with E-state index in [4.69, 9.17) is 36.3 Å². The maximum atomic E-state index is 9.53. The Morgan fingerprint density at radius 1 is 1.11 bits per heavy atom. The number of hydrogen-bond donors (Lipinski definition) is 1. The molecule has 0 radical (unpaired) electrons. The van der Waals surface area contributed by atoms with Gasteiger partial charge in [0.05, 0.1) is 24.3 Å². The molecule has 180 valence electrons. The maximum Gasteiger partial charge on any atom is 0.184 e. The zero-order chi connectivity index (χ0) is 24.2. The van der Waals surface area contributed by atoms with Crippen LogP contribution < -0.4 is 5.73 Å². The number of nitrogens with zero attached hydrogens (tertiary/aromatic N) is 2. The van der Waals surface area contributed by atoms with E-state index in [0.29, 0.717) is 23.1 Å². The molecule has 1 aromatic heterocycles. The van der Waals surface area contributed by atoms with Crippen LogP contribution in [0.2, 0.25) is 5.02 Å². The summed E-state index contributed by atoms with van der Waals surface area (Å²) >= 11 is 7.48. The molecule has 9 heteroatoms. The Labute approximate surface area is 213 Å². The number of halogens is 1. The summed E-state index contributed by atoms with van der Waals surface area (Å²) in [4.78, 5) is 4.73. The zero-order valence-electron chi connectivity index (χ0n) is 18.7. The van der Waals surface area contributed by atoms with Crippen LogP contribution in [0.1, 0.15) is 23.1 Å². The lowest BCUT2D eigenvalue weighted by atomic mass is 9.96. The van der Waals surface area contributed by atoms with Gasteiger partial charge < -0.3 is 24.7 Å². The van der Waals surface area contributed by atoms with Crippen LogP contribution >= 0.6 is 23.4 Å². The summed E-state index contributed by atoms with van der Waals surface area (Å²) in [6.07, 6.45) is -0.435. The fourth-order valence-electron chi connectivity index (χ4n) is 4.18. The minimum atomic E-state index is -0.534.